The SMILES string of the molecule is CCN(CC)c1ccc(NC(=O)c2ccc(-c3csc(C)n3)o2)cc1. The maximum absolute atomic E-state index is 12.4. The van der Waals surface area contributed by atoms with Crippen LogP contribution in [0, 0.1) is 6.92 Å². The van der Waals surface area contributed by atoms with E-state index in [1.54, 1.807) is 23.5 Å². The third kappa shape index (κ3) is 3.91. The van der Waals surface area contributed by atoms with Gasteiger partial charge in [0.25, 0.3) is 5.91 Å². The fourth-order valence-corrected chi connectivity index (χ4v) is 3.21. The summed E-state index contributed by atoms with van der Waals surface area (Å²) in [6, 6.07) is 11.3. The average molecular weight is 355 g/mol. The molecule has 0 unspecified atom stereocenters. The minimum absolute atomic E-state index is 0.270. The third-order valence-corrected chi connectivity index (χ3v) is 4.73. The molecule has 2 heterocycles. The second-order valence-corrected chi connectivity index (χ2v) is 6.65. The zero-order valence-electron chi connectivity index (χ0n) is 14.6. The lowest BCUT2D eigenvalue weighted by molar-refractivity contribution is 0.0997. The molecule has 130 valence electrons. The third-order valence-electron chi connectivity index (χ3n) is 3.96. The number of nitrogens with one attached hydrogen (secondary N) is 1. The van der Waals surface area contributed by atoms with Gasteiger partial charge in [0.2, 0.25) is 0 Å². The van der Waals surface area contributed by atoms with Crippen molar-refractivity contribution in [3.05, 3.63) is 52.5 Å². The number of aryl methyl sites for hydroxylation is 1. The number of rotatable bonds is 6. The van der Waals surface area contributed by atoms with Gasteiger partial charge < -0.3 is 14.6 Å². The van der Waals surface area contributed by atoms with Gasteiger partial charge in [-0.15, -0.1) is 11.3 Å². The van der Waals surface area contributed by atoms with Gasteiger partial charge in [0.15, 0.2) is 11.5 Å². The van der Waals surface area contributed by atoms with E-state index >= 15 is 0 Å². The second-order valence-electron chi connectivity index (χ2n) is 5.59. The highest BCUT2D eigenvalue weighted by molar-refractivity contribution is 7.09. The van der Waals surface area contributed by atoms with Crippen molar-refractivity contribution in [1.29, 1.82) is 0 Å². The summed E-state index contributed by atoms with van der Waals surface area (Å²) in [5.41, 5.74) is 2.63. The Bertz CT molecular complexity index is 848. The standard InChI is InChI=1S/C19H21N3O2S/c1-4-22(5-2)15-8-6-14(7-9-15)21-19(23)18-11-10-17(24-18)16-12-25-13(3)20-16/h6-12H,4-5H2,1-3H3,(H,21,23). The fourth-order valence-electron chi connectivity index (χ4n) is 2.61. The van der Waals surface area contributed by atoms with Crippen LogP contribution in [0.3, 0.4) is 0 Å². The first-order valence-corrected chi connectivity index (χ1v) is 9.17. The Morgan fingerprint density at radius 1 is 1.16 bits per heavy atom. The molecule has 5 nitrogen and oxygen atoms in total. The minimum atomic E-state index is -0.270. The van der Waals surface area contributed by atoms with E-state index < -0.39 is 0 Å². The summed E-state index contributed by atoms with van der Waals surface area (Å²) < 4.78 is 5.64. The lowest BCUT2D eigenvalue weighted by Gasteiger charge is -2.21. The smallest absolute Gasteiger partial charge is 0.291 e. The Morgan fingerprint density at radius 2 is 1.88 bits per heavy atom. The van der Waals surface area contributed by atoms with Crippen LogP contribution in [-0.4, -0.2) is 24.0 Å². The van der Waals surface area contributed by atoms with E-state index in [0.29, 0.717) is 5.76 Å². The first-order chi connectivity index (χ1) is 12.1. The molecule has 0 atom stereocenters. The predicted molar refractivity (Wildman–Crippen MR) is 103 cm³/mol. The van der Waals surface area contributed by atoms with Crippen LogP contribution in [0.2, 0.25) is 0 Å². The van der Waals surface area contributed by atoms with Crippen LogP contribution in [0.1, 0.15) is 29.4 Å². The van der Waals surface area contributed by atoms with Crippen LogP contribution >= 0.6 is 11.3 Å². The van der Waals surface area contributed by atoms with Crippen molar-refractivity contribution < 1.29 is 9.21 Å². The van der Waals surface area contributed by atoms with Gasteiger partial charge >= 0.3 is 0 Å². The number of hydrogen-bond donors (Lipinski definition) is 1. The first kappa shape index (κ1) is 17.2. The van der Waals surface area contributed by atoms with E-state index in [1.807, 2.05) is 36.6 Å². The van der Waals surface area contributed by atoms with Gasteiger partial charge in [0.1, 0.15) is 5.69 Å². The van der Waals surface area contributed by atoms with E-state index in [-0.39, 0.29) is 11.7 Å². The normalized spacial score (nSPS) is 10.7. The fraction of sp³-hybridized carbons (Fsp3) is 0.263. The molecule has 2 aromatic heterocycles. The molecule has 0 aliphatic rings. The van der Waals surface area contributed by atoms with E-state index in [2.05, 4.69) is 29.0 Å². The Kier molecular flexibility index (Phi) is 5.19. The zero-order valence-corrected chi connectivity index (χ0v) is 15.4. The Morgan fingerprint density at radius 3 is 2.48 bits per heavy atom. The van der Waals surface area contributed by atoms with Crippen LogP contribution in [0.15, 0.2) is 46.2 Å². The van der Waals surface area contributed by atoms with Gasteiger partial charge in [-0.2, -0.15) is 0 Å². The quantitative estimate of drug-likeness (QED) is 0.689. The highest BCUT2D eigenvalue weighted by Crippen LogP contribution is 2.24. The molecule has 25 heavy (non-hydrogen) atoms. The molecule has 3 rings (SSSR count). The first-order valence-electron chi connectivity index (χ1n) is 8.29. The molecule has 0 spiro atoms. The maximum atomic E-state index is 12.4. The number of thiazole rings is 1. The Labute approximate surface area is 151 Å². The van der Waals surface area contributed by atoms with Crippen molar-refractivity contribution in [2.24, 2.45) is 0 Å². The van der Waals surface area contributed by atoms with Gasteiger partial charge in [-0.05, 0) is 57.2 Å². The monoisotopic (exact) mass is 355 g/mol. The lowest BCUT2D eigenvalue weighted by atomic mass is 10.2. The van der Waals surface area contributed by atoms with E-state index in [9.17, 15) is 4.79 Å². The van der Waals surface area contributed by atoms with Crippen molar-refractivity contribution in [3.63, 3.8) is 0 Å². The number of anilines is 2. The van der Waals surface area contributed by atoms with Crippen molar-refractivity contribution in [2.75, 3.05) is 23.3 Å². The van der Waals surface area contributed by atoms with Gasteiger partial charge in [0.05, 0.1) is 5.01 Å². The van der Waals surface area contributed by atoms with Crippen LogP contribution in [0.5, 0.6) is 0 Å². The summed E-state index contributed by atoms with van der Waals surface area (Å²) in [6.45, 7) is 8.09. The van der Waals surface area contributed by atoms with E-state index in [1.165, 1.54) is 0 Å². The average Bonchev–Trinajstić information content (AvgIpc) is 3.26. The molecule has 1 aromatic carbocycles. The van der Waals surface area contributed by atoms with Crippen molar-refractivity contribution in [1.82, 2.24) is 4.98 Å². The van der Waals surface area contributed by atoms with Crippen molar-refractivity contribution in [2.45, 2.75) is 20.8 Å². The second kappa shape index (κ2) is 7.53. The largest absolute Gasteiger partial charge is 0.449 e. The molecule has 0 saturated carbocycles. The molecule has 0 aliphatic carbocycles. The van der Waals surface area contributed by atoms with Crippen LogP contribution in [0.4, 0.5) is 11.4 Å². The molecule has 1 N–H and O–H groups in total. The number of carbonyl (C=O) groups excluding carboxylic acids is 1. The predicted octanol–water partition coefficient (Wildman–Crippen LogP) is 4.81. The summed E-state index contributed by atoms with van der Waals surface area (Å²) >= 11 is 1.55. The van der Waals surface area contributed by atoms with Crippen LogP contribution < -0.4 is 10.2 Å². The Hall–Kier alpha value is -2.60. The molecule has 0 radical (unpaired) electrons. The molecular weight excluding hydrogens is 334 g/mol. The van der Waals surface area contributed by atoms with Gasteiger partial charge in [-0.3, -0.25) is 4.79 Å². The topological polar surface area (TPSA) is 58.4 Å². The number of aromatic nitrogens is 1. The van der Waals surface area contributed by atoms with E-state index in [0.717, 1.165) is 35.2 Å². The molecule has 6 heteroatoms. The number of carbonyl (C=O) groups is 1. The molecule has 0 bridgehead atoms. The molecule has 0 aliphatic heterocycles. The minimum Gasteiger partial charge on any atom is -0.449 e. The molecule has 0 saturated heterocycles. The summed E-state index contributed by atoms with van der Waals surface area (Å²) in [5.74, 6) is 0.605. The summed E-state index contributed by atoms with van der Waals surface area (Å²) in [4.78, 5) is 19.0. The van der Waals surface area contributed by atoms with Gasteiger partial charge in [-0.25, -0.2) is 4.98 Å². The number of benzene rings is 1. The molecule has 3 aromatic rings. The molecular formula is C19H21N3O2S. The highest BCUT2D eigenvalue weighted by atomic mass is 32.1. The summed E-state index contributed by atoms with van der Waals surface area (Å²) in [6.07, 6.45) is 0. The number of hydrogen-bond acceptors (Lipinski definition) is 5. The molecule has 0 fully saturated rings. The van der Waals surface area contributed by atoms with Crippen LogP contribution in [0.25, 0.3) is 11.5 Å². The number of amides is 1. The van der Waals surface area contributed by atoms with Crippen molar-refractivity contribution in [3.8, 4) is 11.5 Å². The van der Waals surface area contributed by atoms with Gasteiger partial charge in [-0.1, -0.05) is 0 Å². The van der Waals surface area contributed by atoms with Crippen LogP contribution in [-0.2, 0) is 0 Å². The maximum Gasteiger partial charge on any atom is 0.291 e. The number of furan rings is 1. The lowest BCUT2D eigenvalue weighted by Crippen LogP contribution is -2.21. The zero-order chi connectivity index (χ0) is 17.8. The summed E-state index contributed by atoms with van der Waals surface area (Å²) in [7, 11) is 0. The summed E-state index contributed by atoms with van der Waals surface area (Å²) in [5, 5.41) is 5.74. The van der Waals surface area contributed by atoms with E-state index in [4.69, 9.17) is 4.42 Å². The van der Waals surface area contributed by atoms with Gasteiger partial charge in [0, 0.05) is 29.8 Å². The highest BCUT2D eigenvalue weighted by Gasteiger charge is 2.14. The Balaban J connectivity index is 1.69. The molecule has 1 amide bonds. The number of nitrogens with zero attached hydrogens (tertiary/aromatic N) is 2. The van der Waals surface area contributed by atoms with Crippen molar-refractivity contribution >= 4 is 28.6 Å².